The fraction of sp³-hybridized carbons (Fsp3) is 0.353. The number of carbonyl (C=O) groups excluding carboxylic acids is 3. The van der Waals surface area contributed by atoms with Crippen LogP contribution in [0.1, 0.15) is 5.56 Å². The number of carbonyl (C=O) groups is 3. The molecule has 9 heteroatoms. The third kappa shape index (κ3) is 3.33. The van der Waals surface area contributed by atoms with E-state index in [1.54, 1.807) is 0 Å². The second-order valence-electron chi connectivity index (χ2n) is 5.91. The van der Waals surface area contributed by atoms with Crippen molar-refractivity contribution in [2.45, 2.75) is 17.8 Å². The second-order valence-corrected chi connectivity index (χ2v) is 8.00. The molecule has 1 fully saturated rings. The van der Waals surface area contributed by atoms with E-state index in [4.69, 9.17) is 4.74 Å². The number of amides is 2. The van der Waals surface area contributed by atoms with E-state index < -0.39 is 34.1 Å². The molecule has 0 bridgehead atoms. The Morgan fingerprint density at radius 2 is 2.04 bits per heavy atom. The van der Waals surface area contributed by atoms with Gasteiger partial charge in [-0.15, -0.1) is 0 Å². The number of rotatable bonds is 5. The number of hydrogen-bond acceptors (Lipinski definition) is 5. The molecule has 2 heterocycles. The molecule has 0 saturated carbocycles. The smallest absolute Gasteiger partial charge is 0.354 e. The highest BCUT2D eigenvalue weighted by molar-refractivity contribution is 9.09. The minimum atomic E-state index is -1.42. The van der Waals surface area contributed by atoms with Crippen LogP contribution in [0.4, 0.5) is 0 Å². The normalized spacial score (nSPS) is 24.6. The van der Waals surface area contributed by atoms with Crippen molar-refractivity contribution in [2.24, 2.45) is 0 Å². The maximum Gasteiger partial charge on any atom is 0.354 e. The summed E-state index contributed by atoms with van der Waals surface area (Å²) in [5, 5.41) is 2.20. The lowest BCUT2D eigenvalue weighted by atomic mass is 10.0. The summed E-state index contributed by atoms with van der Waals surface area (Å²) in [6.45, 7) is 0. The third-order valence-corrected chi connectivity index (χ3v) is 6.60. The molecule has 26 heavy (non-hydrogen) atoms. The van der Waals surface area contributed by atoms with Crippen LogP contribution in [-0.2, 0) is 36.3 Å². The number of nitrogens with one attached hydrogen (secondary N) is 1. The summed E-state index contributed by atoms with van der Waals surface area (Å²) < 4.78 is 17.3. The molecular weight excluding hydrogens is 424 g/mol. The van der Waals surface area contributed by atoms with Gasteiger partial charge in [0, 0.05) is 5.33 Å². The van der Waals surface area contributed by atoms with Gasteiger partial charge in [-0.25, -0.2) is 4.79 Å². The van der Waals surface area contributed by atoms with Crippen molar-refractivity contribution in [1.29, 1.82) is 0 Å². The Balaban J connectivity index is 1.76. The van der Waals surface area contributed by atoms with Crippen molar-refractivity contribution in [3.63, 3.8) is 0 Å². The van der Waals surface area contributed by atoms with Gasteiger partial charge in [0.2, 0.25) is 5.91 Å². The number of ether oxygens (including phenoxy) is 1. The summed E-state index contributed by atoms with van der Waals surface area (Å²) in [5.74, 6) is -1.29. The van der Waals surface area contributed by atoms with Gasteiger partial charge in [-0.1, -0.05) is 46.3 Å². The molecule has 0 unspecified atom stereocenters. The number of methoxy groups -OCH3 is 1. The van der Waals surface area contributed by atoms with Gasteiger partial charge in [0.25, 0.3) is 5.91 Å². The molecule has 3 rings (SSSR count). The van der Waals surface area contributed by atoms with E-state index in [0.29, 0.717) is 10.9 Å². The molecule has 7 nitrogen and oxygen atoms in total. The highest BCUT2D eigenvalue weighted by atomic mass is 79.9. The van der Waals surface area contributed by atoms with Gasteiger partial charge in [-0.2, -0.15) is 0 Å². The first-order valence-corrected chi connectivity index (χ1v) is 10.4. The number of alkyl halides is 1. The zero-order valence-electron chi connectivity index (χ0n) is 13.9. The molecule has 0 radical (unpaired) electrons. The largest absolute Gasteiger partial charge is 0.464 e. The van der Waals surface area contributed by atoms with Crippen molar-refractivity contribution < 1.29 is 23.3 Å². The topological polar surface area (TPSA) is 92.8 Å². The summed E-state index contributed by atoms with van der Waals surface area (Å²) in [7, 11) is -0.189. The van der Waals surface area contributed by atoms with Crippen LogP contribution in [0.3, 0.4) is 0 Å². The van der Waals surface area contributed by atoms with E-state index >= 15 is 0 Å². The lowest BCUT2D eigenvalue weighted by Crippen LogP contribution is -2.73. The van der Waals surface area contributed by atoms with Crippen LogP contribution in [0.25, 0.3) is 0 Å². The quantitative estimate of drug-likeness (QED) is 0.408. The average Bonchev–Trinajstić information content (AvgIpc) is 2.65. The Morgan fingerprint density at radius 1 is 1.35 bits per heavy atom. The van der Waals surface area contributed by atoms with E-state index in [-0.39, 0.29) is 23.8 Å². The average molecular weight is 441 g/mol. The molecule has 0 aliphatic carbocycles. The number of halogens is 1. The molecule has 1 saturated heterocycles. The van der Waals surface area contributed by atoms with E-state index in [9.17, 15) is 18.6 Å². The van der Waals surface area contributed by atoms with Crippen LogP contribution in [0.15, 0.2) is 41.6 Å². The molecule has 1 aromatic carbocycles. The van der Waals surface area contributed by atoms with Crippen molar-refractivity contribution in [2.75, 3.05) is 18.2 Å². The van der Waals surface area contributed by atoms with E-state index in [1.807, 2.05) is 30.3 Å². The standard InChI is InChI=1S/C17H17BrN2O5S/c1-25-17(23)14-11(8-18)9-26(24)16-13(15(22)20(14)16)19-12(21)7-10-5-3-2-4-6-10/h2-6,13,16H,7-9H2,1H3,(H,19,21)/t13-,16-,26+/m1/s1. The van der Waals surface area contributed by atoms with Crippen molar-refractivity contribution in [1.82, 2.24) is 10.2 Å². The number of esters is 1. The summed E-state index contributed by atoms with van der Waals surface area (Å²) in [4.78, 5) is 38.0. The van der Waals surface area contributed by atoms with Gasteiger partial charge in [-0.3, -0.25) is 18.7 Å². The zero-order valence-corrected chi connectivity index (χ0v) is 16.3. The minimum Gasteiger partial charge on any atom is -0.464 e. The second kappa shape index (κ2) is 7.71. The molecule has 1 N–H and O–H groups in total. The van der Waals surface area contributed by atoms with Crippen LogP contribution in [0, 0.1) is 0 Å². The Labute approximate surface area is 161 Å². The molecule has 1 aromatic rings. The summed E-state index contributed by atoms with van der Waals surface area (Å²) in [5.41, 5.74) is 1.48. The molecule has 0 spiro atoms. The number of hydrogen-bond donors (Lipinski definition) is 1. The summed E-state index contributed by atoms with van der Waals surface area (Å²) >= 11 is 3.25. The molecule has 138 valence electrons. The monoisotopic (exact) mass is 440 g/mol. The van der Waals surface area contributed by atoms with Crippen molar-refractivity contribution in [3.8, 4) is 0 Å². The highest BCUT2D eigenvalue weighted by Gasteiger charge is 2.57. The number of nitrogens with zero attached hydrogens (tertiary/aromatic N) is 1. The van der Waals surface area contributed by atoms with Gasteiger partial charge in [0.05, 0.1) is 30.1 Å². The summed E-state index contributed by atoms with van der Waals surface area (Å²) in [6, 6.07) is 8.22. The predicted octanol–water partition coefficient (Wildman–Crippen LogP) is 0.466. The van der Waals surface area contributed by atoms with Crippen LogP contribution in [-0.4, -0.2) is 56.5 Å². The maximum atomic E-state index is 12.5. The third-order valence-electron chi connectivity index (χ3n) is 4.27. The Kier molecular flexibility index (Phi) is 5.57. The zero-order chi connectivity index (χ0) is 18.8. The SMILES string of the molecule is COC(=O)C1=C(CBr)C[S@](=O)[C@@H]2[C@H](NC(=O)Cc3ccccc3)C(=O)N12. The molecule has 2 amide bonds. The molecule has 3 atom stereocenters. The van der Waals surface area contributed by atoms with Crippen LogP contribution >= 0.6 is 15.9 Å². The highest BCUT2D eigenvalue weighted by Crippen LogP contribution is 2.35. The van der Waals surface area contributed by atoms with E-state index in [2.05, 4.69) is 21.2 Å². The molecule has 2 aliphatic heterocycles. The van der Waals surface area contributed by atoms with Crippen molar-refractivity contribution in [3.05, 3.63) is 47.2 Å². The first kappa shape index (κ1) is 18.8. The van der Waals surface area contributed by atoms with Gasteiger partial charge in [-0.05, 0) is 11.1 Å². The number of fused-ring (bicyclic) bond motifs is 1. The van der Waals surface area contributed by atoms with Crippen molar-refractivity contribution >= 4 is 44.5 Å². The Morgan fingerprint density at radius 3 is 2.65 bits per heavy atom. The summed E-state index contributed by atoms with van der Waals surface area (Å²) in [6.07, 6.45) is 0.121. The Hall–Kier alpha value is -2.00. The fourth-order valence-corrected chi connectivity index (χ4v) is 5.46. The van der Waals surface area contributed by atoms with Gasteiger partial charge < -0.3 is 10.1 Å². The van der Waals surface area contributed by atoms with Crippen LogP contribution in [0.2, 0.25) is 0 Å². The van der Waals surface area contributed by atoms with Gasteiger partial charge >= 0.3 is 5.97 Å². The van der Waals surface area contributed by atoms with E-state index in [1.165, 1.54) is 12.0 Å². The lowest BCUT2D eigenvalue weighted by molar-refractivity contribution is -0.152. The van der Waals surface area contributed by atoms with Crippen LogP contribution in [0.5, 0.6) is 0 Å². The lowest BCUT2D eigenvalue weighted by Gasteiger charge is -2.49. The number of benzene rings is 1. The fourth-order valence-electron chi connectivity index (χ4n) is 3.05. The Bertz CT molecular complexity index is 811. The molecular formula is C17H17BrN2O5S. The first-order chi connectivity index (χ1) is 12.5. The van der Waals surface area contributed by atoms with Crippen LogP contribution < -0.4 is 5.32 Å². The molecule has 2 aliphatic rings. The molecule has 0 aromatic heterocycles. The first-order valence-electron chi connectivity index (χ1n) is 7.87. The number of β-lactam (4-membered cyclic amide) rings is 1. The van der Waals surface area contributed by atoms with E-state index in [0.717, 1.165) is 5.56 Å². The maximum absolute atomic E-state index is 12.5. The predicted molar refractivity (Wildman–Crippen MR) is 98.6 cm³/mol. The van der Waals surface area contributed by atoms with Gasteiger partial charge in [0.1, 0.15) is 17.1 Å². The van der Waals surface area contributed by atoms with Gasteiger partial charge in [0.15, 0.2) is 0 Å². The minimum absolute atomic E-state index is 0.118.